The fraction of sp³-hybridized carbons (Fsp3) is 0.462. The zero-order valence-corrected chi connectivity index (χ0v) is 12.1. The van der Waals surface area contributed by atoms with E-state index in [9.17, 15) is 17.1 Å². The van der Waals surface area contributed by atoms with Gasteiger partial charge < -0.3 is 9.64 Å². The van der Waals surface area contributed by atoms with E-state index >= 15 is 0 Å². The average molecular weight is 301 g/mol. The van der Waals surface area contributed by atoms with Gasteiger partial charge >= 0.3 is 10.2 Å². The number of hydrogen-bond donors (Lipinski definition) is 0. The molecule has 0 aromatic heterocycles. The predicted octanol–water partition coefficient (Wildman–Crippen LogP) is 1.88. The maximum atomic E-state index is 12.9. The van der Waals surface area contributed by atoms with Crippen molar-refractivity contribution in [2.75, 3.05) is 11.4 Å². The second-order valence-corrected chi connectivity index (χ2v) is 6.58. The molecule has 0 saturated carbocycles. The van der Waals surface area contributed by atoms with E-state index in [-0.39, 0.29) is 19.1 Å². The summed E-state index contributed by atoms with van der Waals surface area (Å²) in [6.45, 7) is 3.64. The Balaban J connectivity index is 2.14. The van der Waals surface area contributed by atoms with Crippen LogP contribution < -0.4 is 9.64 Å². The number of carbonyl (C=O) groups is 1. The van der Waals surface area contributed by atoms with Crippen molar-refractivity contribution >= 4 is 21.8 Å². The Morgan fingerprint density at radius 3 is 2.35 bits per heavy atom. The molecule has 2 rings (SSSR count). The normalized spacial score (nSPS) is 19.7. The summed E-state index contributed by atoms with van der Waals surface area (Å²) in [5, 5.41) is -1.28. The monoisotopic (exact) mass is 301 g/mol. The Morgan fingerprint density at radius 1 is 1.30 bits per heavy atom. The van der Waals surface area contributed by atoms with Crippen LogP contribution >= 0.6 is 0 Å². The third kappa shape index (κ3) is 3.27. The molecule has 5 nitrogen and oxygen atoms in total. The molecule has 1 fully saturated rings. The van der Waals surface area contributed by atoms with E-state index in [0.29, 0.717) is 11.4 Å². The lowest BCUT2D eigenvalue weighted by Crippen LogP contribution is -2.26. The highest BCUT2D eigenvalue weighted by Gasteiger charge is 2.38. The number of nitrogens with zero attached hydrogens (tertiary/aromatic N) is 1. The van der Waals surface area contributed by atoms with Gasteiger partial charge in [0, 0.05) is 18.7 Å². The van der Waals surface area contributed by atoms with Crippen LogP contribution in [0, 0.1) is 0 Å². The molecule has 7 heteroatoms. The molecule has 110 valence electrons. The van der Waals surface area contributed by atoms with Crippen LogP contribution in [-0.2, 0) is 15.0 Å². The van der Waals surface area contributed by atoms with Crippen LogP contribution in [0.25, 0.3) is 0 Å². The Labute approximate surface area is 117 Å². The van der Waals surface area contributed by atoms with Crippen molar-refractivity contribution in [3.8, 4) is 5.75 Å². The highest BCUT2D eigenvalue weighted by molar-refractivity contribution is 7.87. The molecule has 1 amide bonds. The number of anilines is 1. The van der Waals surface area contributed by atoms with E-state index < -0.39 is 21.4 Å². The van der Waals surface area contributed by atoms with E-state index in [1.807, 2.05) is 13.8 Å². The Bertz CT molecular complexity index is 597. The minimum atomic E-state index is -4.69. The molecule has 0 bridgehead atoms. The molecule has 1 aliphatic rings. The highest BCUT2D eigenvalue weighted by atomic mass is 32.3. The van der Waals surface area contributed by atoms with Crippen LogP contribution in [0.1, 0.15) is 20.3 Å². The van der Waals surface area contributed by atoms with Crippen molar-refractivity contribution in [3.63, 3.8) is 0 Å². The molecule has 1 heterocycles. The highest BCUT2D eigenvalue weighted by Crippen LogP contribution is 2.27. The standard InChI is InChI=1S/C13H16FNO4S/c1-9(2)19-11-5-3-10(4-6-11)15-8-12(7-13(15)16)20(14,17)18/h3-6,9,12H,7-8H2,1-2H3. The minimum absolute atomic E-state index is 0.0373. The van der Waals surface area contributed by atoms with Crippen LogP contribution in [0.15, 0.2) is 24.3 Å². The first-order valence-electron chi connectivity index (χ1n) is 6.28. The predicted molar refractivity (Wildman–Crippen MR) is 73.0 cm³/mol. The van der Waals surface area contributed by atoms with Gasteiger partial charge in [-0.15, -0.1) is 3.89 Å². The Hall–Kier alpha value is -1.63. The fourth-order valence-corrected chi connectivity index (χ4v) is 2.76. The Kier molecular flexibility index (Phi) is 3.99. The number of halogens is 1. The van der Waals surface area contributed by atoms with Crippen molar-refractivity contribution in [2.24, 2.45) is 0 Å². The van der Waals surface area contributed by atoms with Gasteiger partial charge in [0.25, 0.3) is 0 Å². The lowest BCUT2D eigenvalue weighted by atomic mass is 10.3. The van der Waals surface area contributed by atoms with Crippen LogP contribution in [0.2, 0.25) is 0 Å². The van der Waals surface area contributed by atoms with Crippen molar-refractivity contribution in [1.29, 1.82) is 0 Å². The van der Waals surface area contributed by atoms with Gasteiger partial charge in [-0.2, -0.15) is 8.42 Å². The molecule has 1 aliphatic heterocycles. The van der Waals surface area contributed by atoms with Gasteiger partial charge in [-0.3, -0.25) is 4.79 Å². The number of amides is 1. The van der Waals surface area contributed by atoms with Gasteiger partial charge in [0.05, 0.1) is 6.10 Å². The molecular formula is C13H16FNO4S. The van der Waals surface area contributed by atoms with Crippen molar-refractivity contribution in [3.05, 3.63) is 24.3 Å². The first-order chi connectivity index (χ1) is 9.27. The van der Waals surface area contributed by atoms with Crippen LogP contribution in [0.3, 0.4) is 0 Å². The number of rotatable bonds is 4. The zero-order valence-electron chi connectivity index (χ0n) is 11.2. The molecule has 0 aliphatic carbocycles. The molecule has 1 aromatic carbocycles. The SMILES string of the molecule is CC(C)Oc1ccc(N2CC(S(=O)(=O)F)CC2=O)cc1. The van der Waals surface area contributed by atoms with Crippen LogP contribution in [0.4, 0.5) is 9.57 Å². The summed E-state index contributed by atoms with van der Waals surface area (Å²) in [4.78, 5) is 13.0. The molecule has 0 radical (unpaired) electrons. The van der Waals surface area contributed by atoms with E-state index in [4.69, 9.17) is 4.74 Å². The number of carbonyl (C=O) groups excluding carboxylic acids is 1. The number of benzene rings is 1. The largest absolute Gasteiger partial charge is 0.491 e. The first-order valence-corrected chi connectivity index (χ1v) is 7.72. The summed E-state index contributed by atoms with van der Waals surface area (Å²) < 4.78 is 40.1. The number of ether oxygens (including phenoxy) is 1. The zero-order chi connectivity index (χ0) is 14.9. The van der Waals surface area contributed by atoms with Gasteiger partial charge in [0.1, 0.15) is 11.0 Å². The quantitative estimate of drug-likeness (QED) is 0.797. The molecule has 1 atom stereocenters. The van der Waals surface area contributed by atoms with E-state index in [1.165, 1.54) is 4.90 Å². The molecule has 20 heavy (non-hydrogen) atoms. The third-order valence-electron chi connectivity index (χ3n) is 3.01. The van der Waals surface area contributed by atoms with Crippen LogP contribution in [0.5, 0.6) is 5.75 Å². The van der Waals surface area contributed by atoms with Crippen molar-refractivity contribution < 1.29 is 21.8 Å². The van der Waals surface area contributed by atoms with Gasteiger partial charge in [0.2, 0.25) is 5.91 Å². The lowest BCUT2D eigenvalue weighted by Gasteiger charge is -2.17. The second kappa shape index (κ2) is 5.40. The fourth-order valence-electron chi connectivity index (χ4n) is 2.09. The second-order valence-electron chi connectivity index (χ2n) is 4.97. The van der Waals surface area contributed by atoms with E-state index in [0.717, 1.165) is 0 Å². The molecule has 1 unspecified atom stereocenters. The Morgan fingerprint density at radius 2 is 1.90 bits per heavy atom. The van der Waals surface area contributed by atoms with Gasteiger partial charge in [-0.1, -0.05) is 0 Å². The third-order valence-corrected chi connectivity index (χ3v) is 4.12. The summed E-state index contributed by atoms with van der Waals surface area (Å²) in [5.74, 6) is 0.263. The maximum absolute atomic E-state index is 12.9. The average Bonchev–Trinajstić information content (AvgIpc) is 2.71. The van der Waals surface area contributed by atoms with Gasteiger partial charge in [-0.05, 0) is 38.1 Å². The summed E-state index contributed by atoms with van der Waals surface area (Å²) in [5.41, 5.74) is 0.539. The van der Waals surface area contributed by atoms with Crippen molar-refractivity contribution in [2.45, 2.75) is 31.6 Å². The topological polar surface area (TPSA) is 63.7 Å². The molecule has 0 N–H and O–H groups in total. The summed E-state index contributed by atoms with van der Waals surface area (Å²) in [6.07, 6.45) is -0.279. The van der Waals surface area contributed by atoms with Gasteiger partial charge in [0.15, 0.2) is 0 Å². The molecule has 1 saturated heterocycles. The molecule has 0 spiro atoms. The van der Waals surface area contributed by atoms with Crippen LogP contribution in [-0.4, -0.2) is 32.2 Å². The maximum Gasteiger partial charge on any atom is 0.307 e. The van der Waals surface area contributed by atoms with E-state index in [1.54, 1.807) is 24.3 Å². The molecular weight excluding hydrogens is 285 g/mol. The van der Waals surface area contributed by atoms with E-state index in [2.05, 4.69) is 0 Å². The van der Waals surface area contributed by atoms with Gasteiger partial charge in [-0.25, -0.2) is 0 Å². The summed E-state index contributed by atoms with van der Waals surface area (Å²) >= 11 is 0. The number of hydrogen-bond acceptors (Lipinski definition) is 4. The summed E-state index contributed by atoms with van der Waals surface area (Å²) in [7, 11) is -4.69. The van der Waals surface area contributed by atoms with Crippen molar-refractivity contribution in [1.82, 2.24) is 0 Å². The molecule has 1 aromatic rings. The minimum Gasteiger partial charge on any atom is -0.491 e. The first kappa shape index (κ1) is 14.8. The smallest absolute Gasteiger partial charge is 0.307 e. The summed E-state index contributed by atoms with van der Waals surface area (Å²) in [6, 6.07) is 6.70. The lowest BCUT2D eigenvalue weighted by molar-refractivity contribution is -0.117.